The van der Waals surface area contributed by atoms with Crippen LogP contribution in [0.2, 0.25) is 0 Å². The van der Waals surface area contributed by atoms with Gasteiger partial charge in [-0.2, -0.15) is 4.98 Å². The van der Waals surface area contributed by atoms with Crippen LogP contribution in [0.4, 0.5) is 11.6 Å². The SMILES string of the molecule is CC(C)CSc1nc2n(n1)[C@@H](c1ccc([N+](=O)[O-])cc1)C1=C(CCCC1=O)N2. The molecule has 0 radical (unpaired) electrons. The first-order valence-corrected chi connectivity index (χ1v) is 10.3. The van der Waals surface area contributed by atoms with Crippen molar-refractivity contribution < 1.29 is 9.72 Å². The van der Waals surface area contributed by atoms with Crippen molar-refractivity contribution in [2.75, 3.05) is 11.1 Å². The molecule has 0 amide bonds. The number of benzene rings is 1. The van der Waals surface area contributed by atoms with E-state index < -0.39 is 11.0 Å². The number of fused-ring (bicyclic) bond motifs is 1. The second kappa shape index (κ2) is 7.38. The van der Waals surface area contributed by atoms with E-state index in [0.717, 1.165) is 29.9 Å². The summed E-state index contributed by atoms with van der Waals surface area (Å²) < 4.78 is 1.74. The fourth-order valence-corrected chi connectivity index (χ4v) is 4.30. The molecule has 28 heavy (non-hydrogen) atoms. The van der Waals surface area contributed by atoms with E-state index in [-0.39, 0.29) is 11.5 Å². The van der Waals surface area contributed by atoms with Crippen molar-refractivity contribution in [2.24, 2.45) is 5.92 Å². The minimum Gasteiger partial charge on any atom is -0.328 e. The lowest BCUT2D eigenvalue weighted by atomic mass is 9.85. The summed E-state index contributed by atoms with van der Waals surface area (Å²) in [5.74, 6) is 2.12. The monoisotopic (exact) mass is 399 g/mol. The summed E-state index contributed by atoms with van der Waals surface area (Å²) in [7, 11) is 0. The number of aromatic nitrogens is 3. The van der Waals surface area contributed by atoms with Gasteiger partial charge >= 0.3 is 0 Å². The number of non-ortho nitro benzene ring substituents is 1. The molecule has 4 rings (SSSR count). The van der Waals surface area contributed by atoms with Gasteiger partial charge in [0.2, 0.25) is 11.1 Å². The summed E-state index contributed by atoms with van der Waals surface area (Å²) in [5, 5.41) is 19.6. The van der Waals surface area contributed by atoms with Crippen molar-refractivity contribution in [1.29, 1.82) is 0 Å². The van der Waals surface area contributed by atoms with E-state index in [0.29, 0.717) is 29.0 Å². The summed E-state index contributed by atoms with van der Waals surface area (Å²) in [4.78, 5) is 27.9. The van der Waals surface area contributed by atoms with Crippen molar-refractivity contribution >= 4 is 29.2 Å². The molecule has 1 aliphatic heterocycles. The maximum atomic E-state index is 12.7. The molecule has 0 saturated carbocycles. The van der Waals surface area contributed by atoms with Gasteiger partial charge in [0.1, 0.15) is 6.04 Å². The zero-order chi connectivity index (χ0) is 19.8. The normalized spacial score (nSPS) is 18.7. The van der Waals surface area contributed by atoms with E-state index >= 15 is 0 Å². The van der Waals surface area contributed by atoms with Crippen LogP contribution in [0, 0.1) is 16.0 Å². The molecule has 146 valence electrons. The van der Waals surface area contributed by atoms with Gasteiger partial charge in [-0.15, -0.1) is 5.10 Å². The predicted octanol–water partition coefficient (Wildman–Crippen LogP) is 3.96. The van der Waals surface area contributed by atoms with E-state index in [1.165, 1.54) is 12.1 Å². The summed E-state index contributed by atoms with van der Waals surface area (Å²) >= 11 is 1.58. The van der Waals surface area contributed by atoms with Gasteiger partial charge in [-0.3, -0.25) is 14.9 Å². The first-order valence-electron chi connectivity index (χ1n) is 9.31. The Morgan fingerprint density at radius 3 is 2.75 bits per heavy atom. The highest BCUT2D eigenvalue weighted by Crippen LogP contribution is 2.40. The van der Waals surface area contributed by atoms with Crippen LogP contribution in [0.3, 0.4) is 0 Å². The van der Waals surface area contributed by atoms with Gasteiger partial charge in [-0.05, 0) is 36.5 Å². The molecule has 2 aliphatic rings. The van der Waals surface area contributed by atoms with Gasteiger partial charge in [0, 0.05) is 35.6 Å². The highest BCUT2D eigenvalue weighted by atomic mass is 32.2. The number of allylic oxidation sites excluding steroid dienone is 2. The Hall–Kier alpha value is -2.68. The van der Waals surface area contributed by atoms with Crippen LogP contribution in [0.15, 0.2) is 40.7 Å². The van der Waals surface area contributed by atoms with Gasteiger partial charge in [0.25, 0.3) is 5.69 Å². The summed E-state index contributed by atoms with van der Waals surface area (Å²) in [5.41, 5.74) is 2.40. The molecule has 1 N–H and O–H groups in total. The molecule has 0 saturated heterocycles. The van der Waals surface area contributed by atoms with E-state index in [9.17, 15) is 14.9 Å². The number of rotatable bonds is 5. The van der Waals surface area contributed by atoms with Crippen LogP contribution in [0.25, 0.3) is 0 Å². The molecule has 1 aliphatic carbocycles. The Balaban J connectivity index is 1.77. The Labute approximate surface area is 166 Å². The summed E-state index contributed by atoms with van der Waals surface area (Å²) in [6, 6.07) is 5.92. The number of carbonyl (C=O) groups excluding carboxylic acids is 1. The van der Waals surface area contributed by atoms with Crippen LogP contribution in [0.5, 0.6) is 0 Å². The molecular formula is C19H21N5O3S. The van der Waals surface area contributed by atoms with E-state index in [1.807, 2.05) is 0 Å². The number of hydrogen-bond donors (Lipinski definition) is 1. The van der Waals surface area contributed by atoms with Crippen molar-refractivity contribution in [3.63, 3.8) is 0 Å². The number of ketones is 1. The number of carbonyl (C=O) groups is 1. The Bertz CT molecular complexity index is 964. The average molecular weight is 399 g/mol. The zero-order valence-corrected chi connectivity index (χ0v) is 16.5. The number of hydrogen-bond acceptors (Lipinski definition) is 7. The Morgan fingerprint density at radius 1 is 1.32 bits per heavy atom. The van der Waals surface area contributed by atoms with E-state index in [4.69, 9.17) is 0 Å². The molecule has 1 atom stereocenters. The van der Waals surface area contributed by atoms with Crippen molar-refractivity contribution in [3.8, 4) is 0 Å². The topological polar surface area (TPSA) is 103 Å². The second-order valence-electron chi connectivity index (χ2n) is 7.41. The summed E-state index contributed by atoms with van der Waals surface area (Å²) in [6.45, 7) is 4.28. The zero-order valence-electron chi connectivity index (χ0n) is 15.7. The minimum absolute atomic E-state index is 0.0221. The lowest BCUT2D eigenvalue weighted by Crippen LogP contribution is -2.31. The molecule has 2 heterocycles. The number of Topliss-reactive ketones (excluding diaryl/α,β-unsaturated/α-hetero) is 1. The Kier molecular flexibility index (Phi) is 4.92. The lowest BCUT2D eigenvalue weighted by Gasteiger charge is -2.32. The highest BCUT2D eigenvalue weighted by molar-refractivity contribution is 7.99. The molecule has 0 spiro atoms. The van der Waals surface area contributed by atoms with Crippen LogP contribution < -0.4 is 5.32 Å². The van der Waals surface area contributed by atoms with Gasteiger partial charge in [-0.25, -0.2) is 4.68 Å². The van der Waals surface area contributed by atoms with Crippen LogP contribution in [-0.4, -0.2) is 31.2 Å². The minimum atomic E-state index is -0.426. The first-order chi connectivity index (χ1) is 13.4. The molecular weight excluding hydrogens is 378 g/mol. The molecule has 0 bridgehead atoms. The second-order valence-corrected chi connectivity index (χ2v) is 8.40. The smallest absolute Gasteiger partial charge is 0.269 e. The maximum absolute atomic E-state index is 12.7. The first kappa shape index (κ1) is 18.7. The third kappa shape index (κ3) is 3.42. The highest BCUT2D eigenvalue weighted by Gasteiger charge is 2.37. The Morgan fingerprint density at radius 2 is 2.07 bits per heavy atom. The number of nitrogens with one attached hydrogen (secondary N) is 1. The van der Waals surface area contributed by atoms with Crippen LogP contribution in [-0.2, 0) is 4.79 Å². The van der Waals surface area contributed by atoms with Crippen molar-refractivity contribution in [2.45, 2.75) is 44.3 Å². The largest absolute Gasteiger partial charge is 0.328 e. The quantitative estimate of drug-likeness (QED) is 0.461. The molecule has 1 aromatic carbocycles. The van der Waals surface area contributed by atoms with Crippen molar-refractivity contribution in [3.05, 3.63) is 51.2 Å². The molecule has 2 aromatic rings. The van der Waals surface area contributed by atoms with E-state index in [1.54, 1.807) is 28.6 Å². The fourth-order valence-electron chi connectivity index (χ4n) is 3.53. The average Bonchev–Trinajstić information content (AvgIpc) is 3.07. The number of thioether (sulfide) groups is 1. The third-order valence-electron chi connectivity index (χ3n) is 4.81. The van der Waals surface area contributed by atoms with Gasteiger partial charge < -0.3 is 5.32 Å². The lowest BCUT2D eigenvalue weighted by molar-refractivity contribution is -0.384. The predicted molar refractivity (Wildman–Crippen MR) is 106 cm³/mol. The fraction of sp³-hybridized carbons (Fsp3) is 0.421. The van der Waals surface area contributed by atoms with Gasteiger partial charge in [0.05, 0.1) is 4.92 Å². The van der Waals surface area contributed by atoms with Crippen LogP contribution in [0.1, 0.15) is 44.7 Å². The third-order valence-corrected chi connectivity index (χ3v) is 6.08. The maximum Gasteiger partial charge on any atom is 0.269 e. The summed E-state index contributed by atoms with van der Waals surface area (Å²) in [6.07, 6.45) is 2.09. The number of anilines is 1. The standard InChI is InChI=1S/C19H21N5O3S/c1-11(2)10-28-19-21-18-20-14-4-3-5-15(25)16(14)17(23(18)22-19)12-6-8-13(9-7-12)24(26)27/h6-9,11,17H,3-5,10H2,1-2H3,(H,20,21,22)/t17-/m0/s1. The molecule has 8 nitrogen and oxygen atoms in total. The van der Waals surface area contributed by atoms with Crippen molar-refractivity contribution in [1.82, 2.24) is 14.8 Å². The molecule has 0 unspecified atom stereocenters. The number of nitro groups is 1. The van der Waals surface area contributed by atoms with Gasteiger partial charge in [-0.1, -0.05) is 25.6 Å². The molecule has 0 fully saturated rings. The van der Waals surface area contributed by atoms with Crippen LogP contribution >= 0.6 is 11.8 Å². The van der Waals surface area contributed by atoms with E-state index in [2.05, 4.69) is 29.2 Å². The van der Waals surface area contributed by atoms with Gasteiger partial charge in [0.15, 0.2) is 5.78 Å². The molecule has 9 heteroatoms. The number of nitrogens with zero attached hydrogens (tertiary/aromatic N) is 4. The number of nitro benzene ring substituents is 1. The molecule has 1 aromatic heterocycles.